The first-order chi connectivity index (χ1) is 9.08. The van der Waals surface area contributed by atoms with Crippen molar-refractivity contribution in [1.29, 1.82) is 0 Å². The summed E-state index contributed by atoms with van der Waals surface area (Å²) in [6.45, 7) is 2.34. The van der Waals surface area contributed by atoms with Crippen molar-refractivity contribution < 1.29 is 19.0 Å². The van der Waals surface area contributed by atoms with Gasteiger partial charge in [-0.05, 0) is 12.1 Å². The molecular weight excluding hydrogens is 317 g/mol. The number of morpholine rings is 1. The van der Waals surface area contributed by atoms with Crippen LogP contribution in [0.4, 0.5) is 4.39 Å². The smallest absolute Gasteiger partial charge is 0.305 e. The molecule has 1 aromatic carbocycles. The lowest BCUT2D eigenvalue weighted by atomic mass is 10.0. The molecule has 0 aliphatic carbocycles. The van der Waals surface area contributed by atoms with Crippen molar-refractivity contribution >= 4 is 21.9 Å². The van der Waals surface area contributed by atoms with Gasteiger partial charge >= 0.3 is 5.97 Å². The van der Waals surface area contributed by atoms with Crippen LogP contribution in [0.25, 0.3) is 0 Å². The van der Waals surface area contributed by atoms with Gasteiger partial charge in [0, 0.05) is 29.2 Å². The third kappa shape index (κ3) is 3.75. The summed E-state index contributed by atoms with van der Waals surface area (Å²) in [4.78, 5) is 13.0. The second-order valence-electron chi connectivity index (χ2n) is 4.43. The van der Waals surface area contributed by atoms with E-state index in [1.165, 1.54) is 6.07 Å². The molecule has 104 valence electrons. The molecule has 0 radical (unpaired) electrons. The Morgan fingerprint density at radius 3 is 2.74 bits per heavy atom. The van der Waals surface area contributed by atoms with Crippen molar-refractivity contribution in [3.05, 3.63) is 34.1 Å². The zero-order valence-electron chi connectivity index (χ0n) is 10.3. The molecule has 2 rings (SSSR count). The van der Waals surface area contributed by atoms with E-state index in [9.17, 15) is 9.18 Å². The highest BCUT2D eigenvalue weighted by molar-refractivity contribution is 9.10. The van der Waals surface area contributed by atoms with Crippen LogP contribution in [-0.2, 0) is 9.53 Å². The van der Waals surface area contributed by atoms with Crippen LogP contribution < -0.4 is 0 Å². The molecule has 0 spiro atoms. The van der Waals surface area contributed by atoms with Gasteiger partial charge in [-0.3, -0.25) is 9.69 Å². The first kappa shape index (κ1) is 14.4. The van der Waals surface area contributed by atoms with Gasteiger partial charge in [-0.15, -0.1) is 0 Å². The quantitative estimate of drug-likeness (QED) is 0.920. The van der Waals surface area contributed by atoms with Gasteiger partial charge in [0.15, 0.2) is 0 Å². The molecule has 1 fully saturated rings. The Morgan fingerprint density at radius 2 is 2.16 bits per heavy atom. The van der Waals surface area contributed by atoms with Crippen LogP contribution in [0, 0.1) is 5.82 Å². The SMILES string of the molecule is O=C(O)CC(c1ccc(Br)cc1F)N1CCOCC1. The van der Waals surface area contributed by atoms with Gasteiger partial charge in [0.1, 0.15) is 5.82 Å². The Morgan fingerprint density at radius 1 is 1.47 bits per heavy atom. The number of nitrogens with zero attached hydrogens (tertiary/aromatic N) is 1. The van der Waals surface area contributed by atoms with Crippen molar-refractivity contribution in [1.82, 2.24) is 4.90 Å². The molecule has 1 aromatic rings. The molecule has 0 saturated carbocycles. The normalized spacial score (nSPS) is 18.2. The number of carboxylic acids is 1. The highest BCUT2D eigenvalue weighted by Gasteiger charge is 2.27. The average molecular weight is 332 g/mol. The molecule has 0 amide bonds. The molecule has 0 aromatic heterocycles. The Bertz CT molecular complexity index is 463. The molecular formula is C13H15BrFNO3. The maximum Gasteiger partial charge on any atom is 0.305 e. The van der Waals surface area contributed by atoms with Gasteiger partial charge in [0.25, 0.3) is 0 Å². The van der Waals surface area contributed by atoms with Crippen molar-refractivity contribution in [3.63, 3.8) is 0 Å². The number of hydrogen-bond donors (Lipinski definition) is 1. The molecule has 0 bridgehead atoms. The lowest BCUT2D eigenvalue weighted by Crippen LogP contribution is -2.40. The summed E-state index contributed by atoms with van der Waals surface area (Å²) in [5, 5.41) is 9.03. The minimum atomic E-state index is -0.932. The first-order valence-electron chi connectivity index (χ1n) is 6.06. The summed E-state index contributed by atoms with van der Waals surface area (Å²) in [5.74, 6) is -1.31. The minimum absolute atomic E-state index is 0.113. The van der Waals surface area contributed by atoms with E-state index in [0.29, 0.717) is 36.3 Å². The second kappa shape index (κ2) is 6.45. The average Bonchev–Trinajstić information content (AvgIpc) is 2.37. The summed E-state index contributed by atoms with van der Waals surface area (Å²) in [5.41, 5.74) is 0.424. The van der Waals surface area contributed by atoms with E-state index in [0.717, 1.165) is 0 Å². The van der Waals surface area contributed by atoms with Crippen LogP contribution in [0.2, 0.25) is 0 Å². The van der Waals surface area contributed by atoms with Crippen LogP contribution in [0.5, 0.6) is 0 Å². The third-order valence-electron chi connectivity index (χ3n) is 3.18. The number of aliphatic carboxylic acids is 1. The molecule has 1 atom stereocenters. The Hall–Kier alpha value is -0.980. The molecule has 4 nitrogen and oxygen atoms in total. The van der Waals surface area contributed by atoms with E-state index < -0.39 is 12.0 Å². The minimum Gasteiger partial charge on any atom is -0.481 e. The van der Waals surface area contributed by atoms with E-state index in [2.05, 4.69) is 15.9 Å². The highest BCUT2D eigenvalue weighted by atomic mass is 79.9. The number of hydrogen-bond acceptors (Lipinski definition) is 3. The highest BCUT2D eigenvalue weighted by Crippen LogP contribution is 2.29. The fourth-order valence-electron chi connectivity index (χ4n) is 2.26. The zero-order chi connectivity index (χ0) is 13.8. The van der Waals surface area contributed by atoms with Gasteiger partial charge in [-0.2, -0.15) is 0 Å². The molecule has 1 unspecified atom stereocenters. The van der Waals surface area contributed by atoms with Crippen molar-refractivity contribution in [2.24, 2.45) is 0 Å². The fraction of sp³-hybridized carbons (Fsp3) is 0.462. The molecule has 1 saturated heterocycles. The number of rotatable bonds is 4. The summed E-state index contributed by atoms with van der Waals surface area (Å²) < 4.78 is 19.9. The maximum absolute atomic E-state index is 14.0. The molecule has 1 aliphatic rings. The third-order valence-corrected chi connectivity index (χ3v) is 3.67. The van der Waals surface area contributed by atoms with Gasteiger partial charge in [0.05, 0.1) is 19.6 Å². The van der Waals surface area contributed by atoms with Crippen LogP contribution in [0.3, 0.4) is 0 Å². The van der Waals surface area contributed by atoms with Crippen LogP contribution in [0.1, 0.15) is 18.0 Å². The Kier molecular flexibility index (Phi) is 4.90. The number of carboxylic acid groups (broad SMARTS) is 1. The molecule has 1 aliphatic heterocycles. The maximum atomic E-state index is 14.0. The lowest BCUT2D eigenvalue weighted by molar-refractivity contribution is -0.139. The number of carbonyl (C=O) groups is 1. The molecule has 19 heavy (non-hydrogen) atoms. The van der Waals surface area contributed by atoms with Gasteiger partial charge < -0.3 is 9.84 Å². The Balaban J connectivity index is 2.27. The predicted molar refractivity (Wildman–Crippen MR) is 71.5 cm³/mol. The van der Waals surface area contributed by atoms with Gasteiger partial charge in [-0.25, -0.2) is 4.39 Å². The standard InChI is InChI=1S/C13H15BrFNO3/c14-9-1-2-10(11(15)7-9)12(8-13(17)18)16-3-5-19-6-4-16/h1-2,7,12H,3-6,8H2,(H,17,18). The van der Waals surface area contributed by atoms with Crippen molar-refractivity contribution in [2.75, 3.05) is 26.3 Å². The molecule has 1 heterocycles. The second-order valence-corrected chi connectivity index (χ2v) is 5.34. The van der Waals surface area contributed by atoms with Crippen molar-refractivity contribution in [3.8, 4) is 0 Å². The number of halogens is 2. The monoisotopic (exact) mass is 331 g/mol. The fourth-order valence-corrected chi connectivity index (χ4v) is 2.60. The topological polar surface area (TPSA) is 49.8 Å². The van der Waals surface area contributed by atoms with Crippen LogP contribution >= 0.6 is 15.9 Å². The molecule has 6 heteroatoms. The largest absolute Gasteiger partial charge is 0.481 e. The van der Waals surface area contributed by atoms with Crippen LogP contribution in [-0.4, -0.2) is 42.3 Å². The zero-order valence-corrected chi connectivity index (χ0v) is 11.9. The lowest BCUT2D eigenvalue weighted by Gasteiger charge is -2.34. The van der Waals surface area contributed by atoms with Gasteiger partial charge in [-0.1, -0.05) is 22.0 Å². The summed E-state index contributed by atoms with van der Waals surface area (Å²) in [7, 11) is 0. The Labute approximate surface area is 119 Å². The van der Waals surface area contributed by atoms with E-state index in [4.69, 9.17) is 9.84 Å². The first-order valence-corrected chi connectivity index (χ1v) is 6.86. The van der Waals surface area contributed by atoms with E-state index >= 15 is 0 Å². The van der Waals surface area contributed by atoms with E-state index in [1.54, 1.807) is 12.1 Å². The van der Waals surface area contributed by atoms with Crippen molar-refractivity contribution in [2.45, 2.75) is 12.5 Å². The van der Waals surface area contributed by atoms with E-state index in [1.807, 2.05) is 4.90 Å². The number of ether oxygens (including phenoxy) is 1. The van der Waals surface area contributed by atoms with Gasteiger partial charge in [0.2, 0.25) is 0 Å². The summed E-state index contributed by atoms with van der Waals surface area (Å²) in [6.07, 6.45) is -0.113. The number of benzene rings is 1. The molecule has 1 N–H and O–H groups in total. The summed E-state index contributed by atoms with van der Waals surface area (Å²) in [6, 6.07) is 4.29. The summed E-state index contributed by atoms with van der Waals surface area (Å²) >= 11 is 3.20. The van der Waals surface area contributed by atoms with Crippen LogP contribution in [0.15, 0.2) is 22.7 Å². The predicted octanol–water partition coefficient (Wildman–Crippen LogP) is 2.44. The van der Waals surface area contributed by atoms with E-state index in [-0.39, 0.29) is 12.2 Å².